The molecular weight excluding hydrogens is 354 g/mol. The van der Waals surface area contributed by atoms with Gasteiger partial charge in [-0.2, -0.15) is 0 Å². The Balaban J connectivity index is 2.23. The highest BCUT2D eigenvalue weighted by molar-refractivity contribution is 9.11. The minimum Gasteiger partial charge on any atom is -0.310 e. The third-order valence-electron chi connectivity index (χ3n) is 3.78. The molecule has 0 radical (unpaired) electrons. The summed E-state index contributed by atoms with van der Waals surface area (Å²) >= 11 is 7.30. The Bertz CT molecular complexity index is 386. The van der Waals surface area contributed by atoms with E-state index >= 15 is 0 Å². The highest BCUT2D eigenvalue weighted by Gasteiger charge is 2.27. The van der Waals surface area contributed by atoms with Gasteiger partial charge in [-0.05, 0) is 55.5 Å². The molecule has 1 atom stereocenters. The van der Waals surface area contributed by atoms with Gasteiger partial charge >= 0.3 is 0 Å². The molecule has 100 valence electrons. The average molecular weight is 375 g/mol. The molecule has 2 rings (SSSR count). The zero-order valence-corrected chi connectivity index (χ0v) is 14.1. The monoisotopic (exact) mass is 373 g/mol. The molecule has 0 bridgehead atoms. The summed E-state index contributed by atoms with van der Waals surface area (Å²) in [6.07, 6.45) is 6.69. The van der Waals surface area contributed by atoms with E-state index in [1.165, 1.54) is 46.6 Å². The summed E-state index contributed by atoms with van der Waals surface area (Å²) in [5.41, 5.74) is 1.41. The Labute approximate surface area is 127 Å². The van der Waals surface area contributed by atoms with E-state index in [0.29, 0.717) is 6.04 Å². The summed E-state index contributed by atoms with van der Waals surface area (Å²) in [5, 5.41) is 3.74. The second-order valence-electron chi connectivity index (χ2n) is 5.14. The molecule has 0 aliphatic heterocycles. The third-order valence-corrected chi connectivity index (χ3v) is 4.99. The van der Waals surface area contributed by atoms with Crippen LogP contribution in [0.25, 0.3) is 0 Å². The number of rotatable bonds is 5. The van der Waals surface area contributed by atoms with E-state index in [9.17, 15) is 0 Å². The van der Waals surface area contributed by atoms with Crippen molar-refractivity contribution in [2.75, 3.05) is 6.54 Å². The summed E-state index contributed by atoms with van der Waals surface area (Å²) in [4.78, 5) is 0. The van der Waals surface area contributed by atoms with Gasteiger partial charge in [-0.15, -0.1) is 0 Å². The van der Waals surface area contributed by atoms with Gasteiger partial charge in [0.15, 0.2) is 0 Å². The number of hydrogen-bond donors (Lipinski definition) is 1. The molecule has 1 aliphatic carbocycles. The Hall–Kier alpha value is 0.140. The highest BCUT2D eigenvalue weighted by atomic mass is 79.9. The smallest absolute Gasteiger partial charge is 0.0360 e. The molecule has 0 aromatic heterocycles. The SMILES string of the molecule is CCCNC(c1cc(Br)ccc1Br)C1CCCC1. The first-order valence-corrected chi connectivity index (χ1v) is 8.49. The fourth-order valence-corrected chi connectivity index (χ4v) is 3.75. The Morgan fingerprint density at radius 3 is 2.67 bits per heavy atom. The first-order chi connectivity index (χ1) is 8.72. The molecule has 1 saturated carbocycles. The largest absolute Gasteiger partial charge is 0.310 e. The lowest BCUT2D eigenvalue weighted by atomic mass is 9.91. The van der Waals surface area contributed by atoms with Gasteiger partial charge in [-0.1, -0.05) is 51.6 Å². The van der Waals surface area contributed by atoms with Crippen molar-refractivity contribution in [1.82, 2.24) is 5.32 Å². The average Bonchev–Trinajstić information content (AvgIpc) is 2.88. The second-order valence-corrected chi connectivity index (χ2v) is 6.91. The lowest BCUT2D eigenvalue weighted by molar-refractivity contribution is 0.367. The maximum absolute atomic E-state index is 3.74. The van der Waals surface area contributed by atoms with E-state index in [1.54, 1.807) is 0 Å². The Kier molecular flexibility index (Phi) is 5.71. The molecule has 1 aromatic rings. The van der Waals surface area contributed by atoms with Crippen molar-refractivity contribution in [3.05, 3.63) is 32.7 Å². The standard InChI is InChI=1S/C15H21Br2N/c1-2-9-18-15(11-5-3-4-6-11)13-10-12(16)7-8-14(13)17/h7-8,10-11,15,18H,2-6,9H2,1H3. The summed E-state index contributed by atoms with van der Waals surface area (Å²) in [6, 6.07) is 7.00. The normalized spacial score (nSPS) is 18.2. The molecule has 1 aliphatic rings. The van der Waals surface area contributed by atoms with Gasteiger partial charge in [0.05, 0.1) is 0 Å². The highest BCUT2D eigenvalue weighted by Crippen LogP contribution is 2.39. The number of benzene rings is 1. The second kappa shape index (κ2) is 7.06. The minimum atomic E-state index is 0.499. The molecule has 1 aromatic carbocycles. The van der Waals surface area contributed by atoms with Crippen molar-refractivity contribution in [2.24, 2.45) is 5.92 Å². The van der Waals surface area contributed by atoms with Gasteiger partial charge in [0.2, 0.25) is 0 Å². The maximum atomic E-state index is 3.74. The van der Waals surface area contributed by atoms with Crippen molar-refractivity contribution in [2.45, 2.75) is 45.1 Å². The van der Waals surface area contributed by atoms with Gasteiger partial charge in [-0.25, -0.2) is 0 Å². The van der Waals surface area contributed by atoms with Crippen LogP contribution < -0.4 is 5.32 Å². The molecule has 1 nitrogen and oxygen atoms in total. The summed E-state index contributed by atoms with van der Waals surface area (Å²) in [6.45, 7) is 3.33. The lowest BCUT2D eigenvalue weighted by Crippen LogP contribution is -2.28. The molecule has 1 unspecified atom stereocenters. The Morgan fingerprint density at radius 1 is 1.28 bits per heavy atom. The molecule has 18 heavy (non-hydrogen) atoms. The first kappa shape index (κ1) is 14.5. The molecule has 3 heteroatoms. The van der Waals surface area contributed by atoms with E-state index in [2.05, 4.69) is 62.3 Å². The van der Waals surface area contributed by atoms with Crippen molar-refractivity contribution < 1.29 is 0 Å². The van der Waals surface area contributed by atoms with Crippen LogP contribution in [0.3, 0.4) is 0 Å². The van der Waals surface area contributed by atoms with Crippen LogP contribution in [0.5, 0.6) is 0 Å². The number of halogens is 2. The fraction of sp³-hybridized carbons (Fsp3) is 0.600. The zero-order chi connectivity index (χ0) is 13.0. The van der Waals surface area contributed by atoms with Crippen molar-refractivity contribution in [3.8, 4) is 0 Å². The Morgan fingerprint density at radius 2 is 2.00 bits per heavy atom. The predicted octanol–water partition coefficient (Wildman–Crippen LogP) is 5.44. The number of hydrogen-bond acceptors (Lipinski definition) is 1. The van der Waals surface area contributed by atoms with Crippen LogP contribution in [-0.2, 0) is 0 Å². The van der Waals surface area contributed by atoms with E-state index in [0.717, 1.165) is 12.5 Å². The van der Waals surface area contributed by atoms with E-state index < -0.39 is 0 Å². The van der Waals surface area contributed by atoms with Crippen LogP contribution >= 0.6 is 31.9 Å². The van der Waals surface area contributed by atoms with Gasteiger partial charge in [0, 0.05) is 15.0 Å². The van der Waals surface area contributed by atoms with Crippen LogP contribution in [-0.4, -0.2) is 6.54 Å². The van der Waals surface area contributed by atoms with Crippen LogP contribution in [0.2, 0.25) is 0 Å². The van der Waals surface area contributed by atoms with Crippen LogP contribution in [0.4, 0.5) is 0 Å². The molecule has 0 saturated heterocycles. The van der Waals surface area contributed by atoms with Crippen LogP contribution in [0, 0.1) is 5.92 Å². The van der Waals surface area contributed by atoms with E-state index in [1.807, 2.05) is 0 Å². The molecule has 1 fully saturated rings. The maximum Gasteiger partial charge on any atom is 0.0360 e. The van der Waals surface area contributed by atoms with Gasteiger partial charge in [-0.3, -0.25) is 0 Å². The van der Waals surface area contributed by atoms with Gasteiger partial charge in [0.25, 0.3) is 0 Å². The zero-order valence-electron chi connectivity index (χ0n) is 10.9. The molecule has 0 amide bonds. The minimum absolute atomic E-state index is 0.499. The predicted molar refractivity (Wildman–Crippen MR) is 84.8 cm³/mol. The topological polar surface area (TPSA) is 12.0 Å². The molecular formula is C15H21Br2N. The quantitative estimate of drug-likeness (QED) is 0.723. The van der Waals surface area contributed by atoms with Crippen LogP contribution in [0.15, 0.2) is 27.1 Å². The van der Waals surface area contributed by atoms with E-state index in [4.69, 9.17) is 0 Å². The summed E-state index contributed by atoms with van der Waals surface area (Å²) in [5.74, 6) is 0.794. The molecule has 0 heterocycles. The van der Waals surface area contributed by atoms with Crippen molar-refractivity contribution >= 4 is 31.9 Å². The first-order valence-electron chi connectivity index (χ1n) is 6.90. The van der Waals surface area contributed by atoms with E-state index in [-0.39, 0.29) is 0 Å². The summed E-state index contributed by atoms with van der Waals surface area (Å²) in [7, 11) is 0. The van der Waals surface area contributed by atoms with Gasteiger partial charge < -0.3 is 5.32 Å². The summed E-state index contributed by atoms with van der Waals surface area (Å²) < 4.78 is 2.40. The molecule has 0 spiro atoms. The molecule has 1 N–H and O–H groups in total. The fourth-order valence-electron chi connectivity index (χ4n) is 2.87. The third kappa shape index (κ3) is 3.58. The van der Waals surface area contributed by atoms with Crippen molar-refractivity contribution in [3.63, 3.8) is 0 Å². The van der Waals surface area contributed by atoms with Gasteiger partial charge in [0.1, 0.15) is 0 Å². The van der Waals surface area contributed by atoms with Crippen LogP contribution in [0.1, 0.15) is 50.6 Å². The lowest BCUT2D eigenvalue weighted by Gasteiger charge is -2.26. The van der Waals surface area contributed by atoms with Crippen molar-refractivity contribution in [1.29, 1.82) is 0 Å². The number of nitrogens with one attached hydrogen (secondary N) is 1.